The second kappa shape index (κ2) is 5.48. The van der Waals surface area contributed by atoms with E-state index in [1.165, 1.54) is 11.1 Å². The molecule has 0 amide bonds. The predicted molar refractivity (Wildman–Crippen MR) is 70.9 cm³/mol. The molecule has 0 atom stereocenters. The van der Waals surface area contributed by atoms with E-state index in [4.69, 9.17) is 4.74 Å². The normalized spacial score (nSPS) is 17.8. The van der Waals surface area contributed by atoms with Gasteiger partial charge in [-0.1, -0.05) is 28.1 Å². The SMILES string of the molecule is Cc1ccc(CNCC2(CO)COC2)c(Br)c1. The standard InChI is InChI=1S/C13H18BrNO2/c1-10-2-3-11(12(14)4-10)5-15-6-13(7-16)8-17-9-13/h2-4,15-16H,5-9H2,1H3. The van der Waals surface area contributed by atoms with E-state index in [1.807, 2.05) is 0 Å². The Morgan fingerprint density at radius 1 is 1.47 bits per heavy atom. The molecular formula is C13H18BrNO2. The molecule has 0 bridgehead atoms. The molecule has 2 rings (SSSR count). The van der Waals surface area contributed by atoms with E-state index in [2.05, 4.69) is 46.4 Å². The van der Waals surface area contributed by atoms with Gasteiger partial charge in [-0.05, 0) is 24.1 Å². The highest BCUT2D eigenvalue weighted by molar-refractivity contribution is 9.10. The zero-order chi connectivity index (χ0) is 12.3. The van der Waals surface area contributed by atoms with Crippen molar-refractivity contribution in [2.75, 3.05) is 26.4 Å². The molecule has 1 saturated heterocycles. The van der Waals surface area contributed by atoms with Gasteiger partial charge in [-0.2, -0.15) is 0 Å². The number of aliphatic hydroxyl groups excluding tert-OH is 1. The van der Waals surface area contributed by atoms with Crippen LogP contribution < -0.4 is 5.32 Å². The topological polar surface area (TPSA) is 41.5 Å². The van der Waals surface area contributed by atoms with Crippen LogP contribution >= 0.6 is 15.9 Å². The van der Waals surface area contributed by atoms with Crippen LogP contribution in [0, 0.1) is 12.3 Å². The minimum absolute atomic E-state index is 0.0584. The van der Waals surface area contributed by atoms with E-state index < -0.39 is 0 Å². The summed E-state index contributed by atoms with van der Waals surface area (Å²) in [6.45, 7) is 5.19. The van der Waals surface area contributed by atoms with Crippen molar-refractivity contribution >= 4 is 15.9 Å². The quantitative estimate of drug-likeness (QED) is 0.872. The second-order valence-electron chi connectivity index (χ2n) is 4.85. The highest BCUT2D eigenvalue weighted by Crippen LogP contribution is 2.26. The molecule has 1 heterocycles. The Kier molecular flexibility index (Phi) is 4.20. The van der Waals surface area contributed by atoms with Crippen LogP contribution in [0.2, 0.25) is 0 Å². The molecule has 3 nitrogen and oxygen atoms in total. The van der Waals surface area contributed by atoms with Crippen LogP contribution in [0.25, 0.3) is 0 Å². The number of benzene rings is 1. The summed E-state index contributed by atoms with van der Waals surface area (Å²) in [6.07, 6.45) is 0. The smallest absolute Gasteiger partial charge is 0.0579 e. The van der Waals surface area contributed by atoms with Gasteiger partial charge in [-0.15, -0.1) is 0 Å². The van der Waals surface area contributed by atoms with Crippen molar-refractivity contribution in [1.82, 2.24) is 5.32 Å². The maximum atomic E-state index is 9.30. The summed E-state index contributed by atoms with van der Waals surface area (Å²) in [6, 6.07) is 6.34. The molecule has 0 aromatic heterocycles. The summed E-state index contributed by atoms with van der Waals surface area (Å²) < 4.78 is 6.29. The molecule has 17 heavy (non-hydrogen) atoms. The zero-order valence-corrected chi connectivity index (χ0v) is 11.6. The van der Waals surface area contributed by atoms with E-state index in [-0.39, 0.29) is 12.0 Å². The molecule has 1 aliphatic rings. The van der Waals surface area contributed by atoms with Crippen LogP contribution in [0.5, 0.6) is 0 Å². The number of aliphatic hydroxyl groups is 1. The molecular weight excluding hydrogens is 282 g/mol. The lowest BCUT2D eigenvalue weighted by Crippen LogP contribution is -2.52. The van der Waals surface area contributed by atoms with E-state index in [0.717, 1.165) is 17.6 Å². The fourth-order valence-electron chi connectivity index (χ4n) is 1.90. The third-order valence-corrected chi connectivity index (χ3v) is 3.91. The second-order valence-corrected chi connectivity index (χ2v) is 5.70. The van der Waals surface area contributed by atoms with Gasteiger partial charge in [0, 0.05) is 17.6 Å². The summed E-state index contributed by atoms with van der Waals surface area (Å²) in [4.78, 5) is 0. The van der Waals surface area contributed by atoms with Crippen LogP contribution in [0.15, 0.2) is 22.7 Å². The van der Waals surface area contributed by atoms with Gasteiger partial charge in [0.1, 0.15) is 0 Å². The highest BCUT2D eigenvalue weighted by Gasteiger charge is 2.37. The molecule has 94 valence electrons. The number of ether oxygens (including phenoxy) is 1. The maximum absolute atomic E-state index is 9.30. The third-order valence-electron chi connectivity index (χ3n) is 3.18. The molecule has 1 aromatic carbocycles. The third kappa shape index (κ3) is 3.07. The Balaban J connectivity index is 1.85. The number of nitrogens with one attached hydrogen (secondary N) is 1. The first kappa shape index (κ1) is 13.0. The van der Waals surface area contributed by atoms with Crippen molar-refractivity contribution in [3.05, 3.63) is 33.8 Å². The Bertz CT molecular complexity index is 385. The molecule has 0 aliphatic carbocycles. The highest BCUT2D eigenvalue weighted by atomic mass is 79.9. The van der Waals surface area contributed by atoms with E-state index in [1.54, 1.807) is 0 Å². The molecule has 2 N–H and O–H groups in total. The minimum Gasteiger partial charge on any atom is -0.396 e. The van der Waals surface area contributed by atoms with Crippen molar-refractivity contribution < 1.29 is 9.84 Å². The lowest BCUT2D eigenvalue weighted by Gasteiger charge is -2.40. The van der Waals surface area contributed by atoms with Crippen LogP contribution in [0.4, 0.5) is 0 Å². The molecule has 4 heteroatoms. The molecule has 1 aliphatic heterocycles. The lowest BCUT2D eigenvalue weighted by molar-refractivity contribution is -0.134. The molecule has 0 radical (unpaired) electrons. The van der Waals surface area contributed by atoms with Crippen molar-refractivity contribution in [2.24, 2.45) is 5.41 Å². The first-order valence-electron chi connectivity index (χ1n) is 5.80. The van der Waals surface area contributed by atoms with Crippen LogP contribution in [-0.4, -0.2) is 31.5 Å². The van der Waals surface area contributed by atoms with E-state index in [9.17, 15) is 5.11 Å². The van der Waals surface area contributed by atoms with Gasteiger partial charge in [-0.25, -0.2) is 0 Å². The van der Waals surface area contributed by atoms with Gasteiger partial charge < -0.3 is 15.2 Å². The monoisotopic (exact) mass is 299 g/mol. The van der Waals surface area contributed by atoms with Crippen LogP contribution in [0.1, 0.15) is 11.1 Å². The van der Waals surface area contributed by atoms with Crippen molar-refractivity contribution in [3.8, 4) is 0 Å². The average Bonchev–Trinajstić information content (AvgIpc) is 2.25. The Labute approximate surface area is 110 Å². The van der Waals surface area contributed by atoms with Crippen molar-refractivity contribution in [1.29, 1.82) is 0 Å². The van der Waals surface area contributed by atoms with Crippen LogP contribution in [0.3, 0.4) is 0 Å². The van der Waals surface area contributed by atoms with Gasteiger partial charge >= 0.3 is 0 Å². The summed E-state index contributed by atoms with van der Waals surface area (Å²) in [5.41, 5.74) is 2.43. The van der Waals surface area contributed by atoms with Gasteiger partial charge in [0.2, 0.25) is 0 Å². The van der Waals surface area contributed by atoms with Crippen LogP contribution in [-0.2, 0) is 11.3 Å². The largest absolute Gasteiger partial charge is 0.396 e. The maximum Gasteiger partial charge on any atom is 0.0579 e. The van der Waals surface area contributed by atoms with E-state index >= 15 is 0 Å². The fourth-order valence-corrected chi connectivity index (χ4v) is 2.53. The molecule has 0 saturated carbocycles. The van der Waals surface area contributed by atoms with Crippen molar-refractivity contribution in [2.45, 2.75) is 13.5 Å². The molecule has 0 unspecified atom stereocenters. The van der Waals surface area contributed by atoms with Crippen molar-refractivity contribution in [3.63, 3.8) is 0 Å². The Hall–Kier alpha value is -0.420. The average molecular weight is 300 g/mol. The van der Waals surface area contributed by atoms with Gasteiger partial charge in [-0.3, -0.25) is 0 Å². The summed E-state index contributed by atoms with van der Waals surface area (Å²) in [5.74, 6) is 0. The molecule has 1 aromatic rings. The number of aryl methyl sites for hydroxylation is 1. The summed E-state index contributed by atoms with van der Waals surface area (Å²) >= 11 is 3.56. The van der Waals surface area contributed by atoms with Gasteiger partial charge in [0.25, 0.3) is 0 Å². The number of hydrogen-bond acceptors (Lipinski definition) is 3. The fraction of sp³-hybridized carbons (Fsp3) is 0.538. The molecule has 1 fully saturated rings. The van der Waals surface area contributed by atoms with Gasteiger partial charge in [0.05, 0.1) is 25.2 Å². The summed E-state index contributed by atoms with van der Waals surface area (Å²) in [5, 5.41) is 12.7. The minimum atomic E-state index is -0.0584. The number of halogens is 1. The Morgan fingerprint density at radius 2 is 2.24 bits per heavy atom. The number of hydrogen-bond donors (Lipinski definition) is 2. The zero-order valence-electron chi connectivity index (χ0n) is 10.0. The van der Waals surface area contributed by atoms with E-state index in [0.29, 0.717) is 13.2 Å². The molecule has 0 spiro atoms. The lowest BCUT2D eigenvalue weighted by atomic mass is 9.87. The van der Waals surface area contributed by atoms with Gasteiger partial charge in [0.15, 0.2) is 0 Å². The first-order valence-corrected chi connectivity index (χ1v) is 6.59. The number of rotatable bonds is 5. The Morgan fingerprint density at radius 3 is 2.76 bits per heavy atom. The summed E-state index contributed by atoms with van der Waals surface area (Å²) in [7, 11) is 0. The first-order chi connectivity index (χ1) is 8.15. The predicted octanol–water partition coefficient (Wildman–Crippen LogP) is 1.86.